The fourth-order valence-electron chi connectivity index (χ4n) is 1.56. The van der Waals surface area contributed by atoms with E-state index >= 15 is 0 Å². The van der Waals surface area contributed by atoms with E-state index < -0.39 is 0 Å². The molecule has 1 unspecified atom stereocenters. The molecule has 1 atom stereocenters. The number of rotatable bonds is 5. The summed E-state index contributed by atoms with van der Waals surface area (Å²) in [6, 6.07) is 8.93. The van der Waals surface area contributed by atoms with Crippen molar-refractivity contribution in [1.82, 2.24) is 0 Å². The van der Waals surface area contributed by atoms with Gasteiger partial charge in [-0.15, -0.1) is 6.58 Å². The Hall–Kier alpha value is -1.04. The van der Waals surface area contributed by atoms with E-state index in [1.807, 2.05) is 6.08 Å². The van der Waals surface area contributed by atoms with Crippen molar-refractivity contribution in [3.63, 3.8) is 0 Å². The summed E-state index contributed by atoms with van der Waals surface area (Å²) in [5.74, 6) is 0.679. The van der Waals surface area contributed by atoms with Crippen molar-refractivity contribution in [1.29, 1.82) is 0 Å². The van der Waals surface area contributed by atoms with Crippen LogP contribution in [0, 0.1) is 0 Å². The average molecular weight is 188 g/mol. The van der Waals surface area contributed by atoms with Crippen molar-refractivity contribution in [3.8, 4) is 0 Å². The molecule has 0 saturated heterocycles. The van der Waals surface area contributed by atoms with Crippen molar-refractivity contribution in [2.75, 3.05) is 0 Å². The van der Waals surface area contributed by atoms with Crippen LogP contribution in [-0.2, 0) is 6.42 Å². The lowest BCUT2D eigenvalue weighted by Crippen LogP contribution is -1.93. The van der Waals surface area contributed by atoms with Gasteiger partial charge in [0.05, 0.1) is 0 Å². The Balaban J connectivity index is 2.73. The maximum atomic E-state index is 3.75. The Labute approximate surface area is 87.7 Å². The molecule has 0 spiro atoms. The second-order valence-electron chi connectivity index (χ2n) is 3.88. The molecular formula is C14H20. The molecule has 0 aliphatic rings. The first-order chi connectivity index (χ1) is 6.77. The third-order valence-electron chi connectivity index (χ3n) is 2.77. The van der Waals surface area contributed by atoms with Gasteiger partial charge in [0, 0.05) is 0 Å². The molecule has 0 aliphatic heterocycles. The van der Waals surface area contributed by atoms with E-state index in [1.165, 1.54) is 17.5 Å². The Kier molecular flexibility index (Phi) is 4.45. The molecule has 1 rings (SSSR count). The monoisotopic (exact) mass is 188 g/mol. The molecule has 14 heavy (non-hydrogen) atoms. The Morgan fingerprint density at radius 2 is 2.21 bits per heavy atom. The van der Waals surface area contributed by atoms with Crippen molar-refractivity contribution >= 4 is 0 Å². The summed E-state index contributed by atoms with van der Waals surface area (Å²) in [5, 5.41) is 0. The van der Waals surface area contributed by atoms with Gasteiger partial charge in [-0.3, -0.25) is 0 Å². The van der Waals surface area contributed by atoms with Crippen LogP contribution in [0.2, 0.25) is 0 Å². The van der Waals surface area contributed by atoms with E-state index in [2.05, 4.69) is 44.7 Å². The molecule has 0 amide bonds. The first-order valence-corrected chi connectivity index (χ1v) is 5.47. The lowest BCUT2D eigenvalue weighted by molar-refractivity contribution is 0.731. The molecule has 0 fully saturated rings. The first-order valence-electron chi connectivity index (χ1n) is 5.47. The molecule has 0 aromatic heterocycles. The smallest absolute Gasteiger partial charge is 0.0193 e. The molecule has 0 N–H and O–H groups in total. The Bertz CT molecular complexity index is 286. The highest BCUT2D eigenvalue weighted by Crippen LogP contribution is 2.19. The molecule has 0 heteroatoms. The second kappa shape index (κ2) is 5.64. The lowest BCUT2D eigenvalue weighted by Gasteiger charge is -2.10. The van der Waals surface area contributed by atoms with Crippen LogP contribution in [0.4, 0.5) is 0 Å². The minimum Gasteiger partial charge on any atom is -0.103 e. The van der Waals surface area contributed by atoms with Crippen LogP contribution in [0.5, 0.6) is 0 Å². The van der Waals surface area contributed by atoms with Crippen molar-refractivity contribution < 1.29 is 0 Å². The minimum absolute atomic E-state index is 0.679. The quantitative estimate of drug-likeness (QED) is 0.604. The molecule has 0 heterocycles. The summed E-state index contributed by atoms with van der Waals surface area (Å²) in [7, 11) is 0. The van der Waals surface area contributed by atoms with Crippen LogP contribution in [-0.4, -0.2) is 0 Å². The van der Waals surface area contributed by atoms with E-state index in [9.17, 15) is 0 Å². The van der Waals surface area contributed by atoms with Gasteiger partial charge in [-0.2, -0.15) is 0 Å². The van der Waals surface area contributed by atoms with Crippen LogP contribution in [0.1, 0.15) is 43.7 Å². The zero-order valence-electron chi connectivity index (χ0n) is 9.29. The van der Waals surface area contributed by atoms with Gasteiger partial charge in [0.15, 0.2) is 0 Å². The topological polar surface area (TPSA) is 0 Å². The first kappa shape index (κ1) is 11.0. The number of hydrogen-bond acceptors (Lipinski definition) is 0. The molecule has 1 aromatic carbocycles. The van der Waals surface area contributed by atoms with Crippen LogP contribution in [0.3, 0.4) is 0 Å². The fraction of sp³-hybridized carbons (Fsp3) is 0.429. The van der Waals surface area contributed by atoms with E-state index in [-0.39, 0.29) is 0 Å². The highest BCUT2D eigenvalue weighted by Gasteiger charge is 2.02. The molecule has 0 aliphatic carbocycles. The molecule has 1 aromatic rings. The number of allylic oxidation sites excluding steroid dienone is 1. The maximum absolute atomic E-state index is 3.75. The van der Waals surface area contributed by atoms with Gasteiger partial charge in [0.25, 0.3) is 0 Å². The van der Waals surface area contributed by atoms with E-state index in [1.54, 1.807) is 0 Å². The van der Waals surface area contributed by atoms with Crippen molar-refractivity contribution in [2.24, 2.45) is 0 Å². The van der Waals surface area contributed by atoms with Gasteiger partial charge < -0.3 is 0 Å². The highest BCUT2D eigenvalue weighted by molar-refractivity contribution is 5.26. The predicted octanol–water partition coefficient (Wildman–Crippen LogP) is 4.32. The lowest BCUT2D eigenvalue weighted by atomic mass is 9.96. The van der Waals surface area contributed by atoms with Gasteiger partial charge in [-0.1, -0.05) is 44.2 Å². The fourth-order valence-corrected chi connectivity index (χ4v) is 1.56. The maximum Gasteiger partial charge on any atom is -0.0193 e. The minimum atomic E-state index is 0.679. The van der Waals surface area contributed by atoms with Crippen LogP contribution in [0.25, 0.3) is 0 Å². The normalized spacial score (nSPS) is 12.4. The summed E-state index contributed by atoms with van der Waals surface area (Å²) < 4.78 is 0. The number of benzene rings is 1. The largest absolute Gasteiger partial charge is 0.103 e. The average Bonchev–Trinajstić information content (AvgIpc) is 2.25. The third kappa shape index (κ3) is 3.02. The van der Waals surface area contributed by atoms with Crippen molar-refractivity contribution in [3.05, 3.63) is 48.0 Å². The van der Waals surface area contributed by atoms with Crippen molar-refractivity contribution in [2.45, 2.75) is 39.0 Å². The third-order valence-corrected chi connectivity index (χ3v) is 2.77. The molecule has 0 nitrogen and oxygen atoms in total. The Morgan fingerprint density at radius 3 is 2.86 bits per heavy atom. The van der Waals surface area contributed by atoms with Gasteiger partial charge in [0.2, 0.25) is 0 Å². The van der Waals surface area contributed by atoms with E-state index in [4.69, 9.17) is 0 Å². The number of hydrogen-bond donors (Lipinski definition) is 0. The van der Waals surface area contributed by atoms with Crippen LogP contribution < -0.4 is 0 Å². The summed E-state index contributed by atoms with van der Waals surface area (Å²) in [4.78, 5) is 0. The van der Waals surface area contributed by atoms with Gasteiger partial charge in [-0.05, 0) is 36.3 Å². The molecule has 76 valence electrons. The summed E-state index contributed by atoms with van der Waals surface area (Å²) in [6.45, 7) is 8.27. The molecular weight excluding hydrogens is 168 g/mol. The zero-order valence-corrected chi connectivity index (χ0v) is 9.29. The zero-order chi connectivity index (χ0) is 10.4. The van der Waals surface area contributed by atoms with E-state index in [0.717, 1.165) is 12.8 Å². The Morgan fingerprint density at radius 1 is 1.43 bits per heavy atom. The van der Waals surface area contributed by atoms with E-state index in [0.29, 0.717) is 5.92 Å². The molecule has 0 bridgehead atoms. The summed E-state index contributed by atoms with van der Waals surface area (Å²) in [6.07, 6.45) is 5.39. The molecule has 0 saturated carbocycles. The predicted molar refractivity (Wildman–Crippen MR) is 63.7 cm³/mol. The van der Waals surface area contributed by atoms with Gasteiger partial charge in [-0.25, -0.2) is 0 Å². The number of aryl methyl sites for hydroxylation is 1. The van der Waals surface area contributed by atoms with Crippen LogP contribution in [0.15, 0.2) is 36.9 Å². The summed E-state index contributed by atoms with van der Waals surface area (Å²) >= 11 is 0. The molecule has 0 radical (unpaired) electrons. The summed E-state index contributed by atoms with van der Waals surface area (Å²) in [5.41, 5.74) is 2.90. The SMILES string of the molecule is C=CCCc1cccc(C(C)CC)c1. The van der Waals surface area contributed by atoms with Crippen LogP contribution >= 0.6 is 0 Å². The highest BCUT2D eigenvalue weighted by atomic mass is 14.1. The standard InChI is InChI=1S/C14H20/c1-4-6-8-13-9-7-10-14(11-13)12(3)5-2/h4,7,9-12H,1,5-6,8H2,2-3H3. The van der Waals surface area contributed by atoms with Gasteiger partial charge >= 0.3 is 0 Å². The second-order valence-corrected chi connectivity index (χ2v) is 3.88. The van der Waals surface area contributed by atoms with Gasteiger partial charge in [0.1, 0.15) is 0 Å².